The summed E-state index contributed by atoms with van der Waals surface area (Å²) in [5.74, 6) is 1.46. The van der Waals surface area contributed by atoms with Gasteiger partial charge in [-0.05, 0) is 24.3 Å². The Morgan fingerprint density at radius 3 is 2.67 bits per heavy atom. The van der Waals surface area contributed by atoms with Gasteiger partial charge in [0.2, 0.25) is 0 Å². The van der Waals surface area contributed by atoms with Gasteiger partial charge < -0.3 is 14.8 Å². The molecule has 0 saturated carbocycles. The van der Waals surface area contributed by atoms with Crippen molar-refractivity contribution in [2.24, 2.45) is 0 Å². The summed E-state index contributed by atoms with van der Waals surface area (Å²) >= 11 is 6.01. The summed E-state index contributed by atoms with van der Waals surface area (Å²) in [6, 6.07) is 13.0. The van der Waals surface area contributed by atoms with Gasteiger partial charge in [0, 0.05) is 18.2 Å². The first-order chi connectivity index (χ1) is 10.2. The lowest BCUT2D eigenvalue weighted by Gasteiger charge is -2.13. The average Bonchev–Trinajstić information content (AvgIpc) is 2.52. The fraction of sp³-hybridized carbons (Fsp3) is 0.188. The van der Waals surface area contributed by atoms with E-state index in [0.717, 1.165) is 17.1 Å². The molecule has 0 radical (unpaired) electrons. The Morgan fingerprint density at radius 2 is 2.00 bits per heavy atom. The first-order valence-electron chi connectivity index (χ1n) is 6.33. The topological polar surface area (TPSA) is 54.3 Å². The number of ether oxygens (including phenoxy) is 2. The Bertz CT molecular complexity index is 680. The monoisotopic (exact) mass is 302 g/mol. The minimum atomic E-state index is 0.434. The molecule has 0 bridgehead atoms. The molecule has 2 aromatic rings. The van der Waals surface area contributed by atoms with E-state index in [2.05, 4.69) is 11.4 Å². The lowest BCUT2D eigenvalue weighted by atomic mass is 10.1. The van der Waals surface area contributed by atoms with Crippen molar-refractivity contribution in [1.82, 2.24) is 0 Å². The zero-order chi connectivity index (χ0) is 15.2. The van der Waals surface area contributed by atoms with Crippen molar-refractivity contribution >= 4 is 17.3 Å². The summed E-state index contributed by atoms with van der Waals surface area (Å²) in [6.07, 6.45) is 0. The molecule has 4 nitrogen and oxygen atoms in total. The van der Waals surface area contributed by atoms with Gasteiger partial charge in [0.15, 0.2) is 0 Å². The number of hydrogen-bond donors (Lipinski definition) is 1. The SMILES string of the molecule is COc1ccc(CNc2cccc(Cl)c2C#N)c(OC)c1. The van der Waals surface area contributed by atoms with Crippen LogP contribution >= 0.6 is 11.6 Å². The first kappa shape index (κ1) is 15.0. The summed E-state index contributed by atoms with van der Waals surface area (Å²) in [4.78, 5) is 0. The highest BCUT2D eigenvalue weighted by atomic mass is 35.5. The number of benzene rings is 2. The van der Waals surface area contributed by atoms with Gasteiger partial charge in [-0.25, -0.2) is 0 Å². The van der Waals surface area contributed by atoms with E-state index in [9.17, 15) is 0 Å². The van der Waals surface area contributed by atoms with Crippen molar-refractivity contribution in [3.63, 3.8) is 0 Å². The Morgan fingerprint density at radius 1 is 1.19 bits per heavy atom. The van der Waals surface area contributed by atoms with Gasteiger partial charge >= 0.3 is 0 Å². The second-order valence-corrected chi connectivity index (χ2v) is 4.71. The lowest BCUT2D eigenvalue weighted by molar-refractivity contribution is 0.391. The second kappa shape index (κ2) is 6.87. The molecule has 21 heavy (non-hydrogen) atoms. The number of anilines is 1. The van der Waals surface area contributed by atoms with Crippen LogP contribution in [-0.4, -0.2) is 14.2 Å². The van der Waals surface area contributed by atoms with Crippen LogP contribution in [0, 0.1) is 11.3 Å². The van der Waals surface area contributed by atoms with Gasteiger partial charge in [-0.3, -0.25) is 0 Å². The number of nitriles is 1. The van der Waals surface area contributed by atoms with Crippen LogP contribution in [0.1, 0.15) is 11.1 Å². The third kappa shape index (κ3) is 3.39. The molecule has 2 aromatic carbocycles. The molecule has 0 fully saturated rings. The Hall–Kier alpha value is -2.38. The van der Waals surface area contributed by atoms with Crippen molar-refractivity contribution < 1.29 is 9.47 Å². The van der Waals surface area contributed by atoms with Crippen LogP contribution in [0.3, 0.4) is 0 Å². The molecule has 0 aliphatic rings. The van der Waals surface area contributed by atoms with Crippen LogP contribution in [0.4, 0.5) is 5.69 Å². The van der Waals surface area contributed by atoms with Crippen LogP contribution in [0.2, 0.25) is 5.02 Å². The summed E-state index contributed by atoms with van der Waals surface area (Å²) < 4.78 is 10.5. The maximum atomic E-state index is 9.15. The lowest BCUT2D eigenvalue weighted by Crippen LogP contribution is -2.03. The minimum absolute atomic E-state index is 0.434. The van der Waals surface area contributed by atoms with Gasteiger partial charge in [0.05, 0.1) is 30.5 Å². The van der Waals surface area contributed by atoms with E-state index in [4.69, 9.17) is 26.3 Å². The average molecular weight is 303 g/mol. The largest absolute Gasteiger partial charge is 0.497 e. The van der Waals surface area contributed by atoms with Crippen molar-refractivity contribution in [2.45, 2.75) is 6.54 Å². The molecule has 5 heteroatoms. The second-order valence-electron chi connectivity index (χ2n) is 4.31. The quantitative estimate of drug-likeness (QED) is 0.911. The molecule has 0 atom stereocenters. The maximum Gasteiger partial charge on any atom is 0.127 e. The summed E-state index contributed by atoms with van der Waals surface area (Å²) in [6.45, 7) is 0.516. The molecule has 0 heterocycles. The fourth-order valence-electron chi connectivity index (χ4n) is 1.97. The molecule has 0 aliphatic heterocycles. The smallest absolute Gasteiger partial charge is 0.127 e. The highest BCUT2D eigenvalue weighted by Crippen LogP contribution is 2.27. The fourth-order valence-corrected chi connectivity index (χ4v) is 2.19. The van der Waals surface area contributed by atoms with E-state index in [0.29, 0.717) is 22.8 Å². The zero-order valence-electron chi connectivity index (χ0n) is 11.8. The van der Waals surface area contributed by atoms with E-state index in [1.165, 1.54) is 0 Å². The number of nitrogens with zero attached hydrogens (tertiary/aromatic N) is 1. The molecular formula is C16H15ClN2O2. The molecule has 0 aliphatic carbocycles. The highest BCUT2D eigenvalue weighted by molar-refractivity contribution is 6.32. The van der Waals surface area contributed by atoms with E-state index < -0.39 is 0 Å². The third-order valence-corrected chi connectivity index (χ3v) is 3.40. The van der Waals surface area contributed by atoms with Crippen LogP contribution < -0.4 is 14.8 Å². The molecule has 0 amide bonds. The molecule has 108 valence electrons. The molecule has 0 aromatic heterocycles. The van der Waals surface area contributed by atoms with Crippen molar-refractivity contribution in [2.75, 3.05) is 19.5 Å². The van der Waals surface area contributed by atoms with E-state index in [1.807, 2.05) is 24.3 Å². The number of halogens is 1. The summed E-state index contributed by atoms with van der Waals surface area (Å²) in [5.41, 5.74) is 2.09. The molecule has 0 saturated heterocycles. The number of hydrogen-bond acceptors (Lipinski definition) is 4. The first-order valence-corrected chi connectivity index (χ1v) is 6.70. The molecule has 0 spiro atoms. The van der Waals surface area contributed by atoms with Gasteiger partial charge in [-0.15, -0.1) is 0 Å². The predicted molar refractivity (Wildman–Crippen MR) is 83.0 cm³/mol. The van der Waals surface area contributed by atoms with Crippen molar-refractivity contribution in [3.05, 3.63) is 52.5 Å². The number of methoxy groups -OCH3 is 2. The van der Waals surface area contributed by atoms with Crippen LogP contribution in [0.15, 0.2) is 36.4 Å². The van der Waals surface area contributed by atoms with Crippen LogP contribution in [0.25, 0.3) is 0 Å². The molecule has 0 unspecified atom stereocenters. The zero-order valence-corrected chi connectivity index (χ0v) is 12.6. The van der Waals surface area contributed by atoms with E-state index in [1.54, 1.807) is 26.4 Å². The van der Waals surface area contributed by atoms with Crippen LogP contribution in [0.5, 0.6) is 11.5 Å². The van der Waals surface area contributed by atoms with Gasteiger partial charge in [-0.2, -0.15) is 5.26 Å². The Labute approximate surface area is 128 Å². The predicted octanol–water partition coefficient (Wildman–Crippen LogP) is 3.84. The summed E-state index contributed by atoms with van der Waals surface area (Å²) in [7, 11) is 3.22. The van der Waals surface area contributed by atoms with Gasteiger partial charge in [0.25, 0.3) is 0 Å². The maximum absolute atomic E-state index is 9.15. The van der Waals surface area contributed by atoms with Gasteiger partial charge in [-0.1, -0.05) is 17.7 Å². The van der Waals surface area contributed by atoms with Crippen molar-refractivity contribution in [1.29, 1.82) is 5.26 Å². The number of rotatable bonds is 5. The number of nitrogens with one attached hydrogen (secondary N) is 1. The Kier molecular flexibility index (Phi) is 4.91. The molecule has 1 N–H and O–H groups in total. The summed E-state index contributed by atoms with van der Waals surface area (Å²) in [5, 5.41) is 12.8. The van der Waals surface area contributed by atoms with Crippen LogP contribution in [-0.2, 0) is 6.54 Å². The third-order valence-electron chi connectivity index (χ3n) is 3.09. The standard InChI is InChI=1S/C16H15ClN2O2/c1-20-12-7-6-11(16(8-12)21-2)10-19-15-5-3-4-14(17)13(15)9-18/h3-8,19H,10H2,1-2H3. The van der Waals surface area contributed by atoms with Gasteiger partial charge in [0.1, 0.15) is 17.6 Å². The minimum Gasteiger partial charge on any atom is -0.497 e. The molecule has 2 rings (SSSR count). The van der Waals surface area contributed by atoms with E-state index >= 15 is 0 Å². The van der Waals surface area contributed by atoms with Crippen molar-refractivity contribution in [3.8, 4) is 17.6 Å². The molecular weight excluding hydrogens is 288 g/mol. The Balaban J connectivity index is 2.21. The van der Waals surface area contributed by atoms with E-state index in [-0.39, 0.29) is 0 Å². The normalized spacial score (nSPS) is 9.81. The highest BCUT2D eigenvalue weighted by Gasteiger charge is 2.08.